The summed E-state index contributed by atoms with van der Waals surface area (Å²) < 4.78 is 7.41. The summed E-state index contributed by atoms with van der Waals surface area (Å²) in [7, 11) is 0. The molecule has 3 aromatic heterocycles. The first-order valence-electron chi connectivity index (χ1n) is 9.71. The fraction of sp³-hybridized carbons (Fsp3) is 0.333. The molecule has 0 radical (unpaired) electrons. The molecule has 1 aliphatic heterocycles. The number of hydrogen-bond acceptors (Lipinski definition) is 7. The predicted octanol–water partition coefficient (Wildman–Crippen LogP) is 3.16. The lowest BCUT2D eigenvalue weighted by atomic mass is 9.97. The minimum Gasteiger partial charge on any atom is -0.508 e. The highest BCUT2D eigenvalue weighted by atomic mass is 16.5. The fourth-order valence-electron chi connectivity index (χ4n) is 4.19. The van der Waals surface area contributed by atoms with Crippen molar-refractivity contribution in [1.82, 2.24) is 24.5 Å². The molecule has 4 aromatic rings. The molecule has 1 aromatic carbocycles. The van der Waals surface area contributed by atoms with Crippen molar-refractivity contribution in [3.63, 3.8) is 0 Å². The Morgan fingerprint density at radius 2 is 1.90 bits per heavy atom. The van der Waals surface area contributed by atoms with Gasteiger partial charge in [0.25, 0.3) is 0 Å². The van der Waals surface area contributed by atoms with E-state index in [2.05, 4.69) is 9.97 Å². The Kier molecular flexibility index (Phi) is 4.09. The Labute approximate surface area is 167 Å². The van der Waals surface area contributed by atoms with Gasteiger partial charge in [-0.25, -0.2) is 19.9 Å². The molecule has 29 heavy (non-hydrogen) atoms. The highest BCUT2D eigenvalue weighted by Gasteiger charge is 2.24. The van der Waals surface area contributed by atoms with Gasteiger partial charge in [0.05, 0.1) is 23.0 Å². The summed E-state index contributed by atoms with van der Waals surface area (Å²) in [5.74, 6) is 0.899. The van der Waals surface area contributed by atoms with Gasteiger partial charge in [0.2, 0.25) is 0 Å². The monoisotopic (exact) mass is 390 g/mol. The first kappa shape index (κ1) is 17.8. The summed E-state index contributed by atoms with van der Waals surface area (Å²) in [5, 5.41) is 11.0. The molecule has 0 aliphatic carbocycles. The molecular weight excluding hydrogens is 368 g/mol. The molecule has 0 saturated carbocycles. The highest BCUT2D eigenvalue weighted by molar-refractivity contribution is 6.09. The molecule has 5 rings (SSSR count). The number of benzene rings is 1. The van der Waals surface area contributed by atoms with Gasteiger partial charge in [0.1, 0.15) is 23.4 Å². The first-order valence-corrected chi connectivity index (χ1v) is 9.71. The van der Waals surface area contributed by atoms with Crippen LogP contribution < -0.4 is 5.73 Å². The molecule has 8 nitrogen and oxygen atoms in total. The van der Waals surface area contributed by atoms with Crippen LogP contribution in [0, 0.1) is 13.8 Å². The van der Waals surface area contributed by atoms with E-state index in [0.717, 1.165) is 48.6 Å². The van der Waals surface area contributed by atoms with Crippen molar-refractivity contribution in [1.29, 1.82) is 0 Å². The summed E-state index contributed by atoms with van der Waals surface area (Å²) in [6, 6.07) is 3.57. The van der Waals surface area contributed by atoms with Gasteiger partial charge >= 0.3 is 0 Å². The largest absolute Gasteiger partial charge is 0.508 e. The van der Waals surface area contributed by atoms with E-state index in [-0.39, 0.29) is 5.75 Å². The lowest BCUT2D eigenvalue weighted by Crippen LogP contribution is -2.15. The van der Waals surface area contributed by atoms with Gasteiger partial charge in [0, 0.05) is 24.7 Å². The van der Waals surface area contributed by atoms with Crippen LogP contribution in [0.4, 0.5) is 5.82 Å². The number of aromatic hydroxyl groups is 1. The van der Waals surface area contributed by atoms with Crippen molar-refractivity contribution in [3.05, 3.63) is 41.5 Å². The number of phenolic OH excluding ortho intramolecular Hbond substituents is 1. The Balaban J connectivity index is 1.85. The number of phenols is 1. The maximum atomic E-state index is 10.3. The van der Waals surface area contributed by atoms with E-state index >= 15 is 0 Å². The molecule has 1 fully saturated rings. The Morgan fingerprint density at radius 3 is 2.69 bits per heavy atom. The average molecular weight is 390 g/mol. The summed E-state index contributed by atoms with van der Waals surface area (Å²) >= 11 is 0. The third-order valence-electron chi connectivity index (χ3n) is 5.76. The number of aryl methyl sites for hydroxylation is 1. The van der Waals surface area contributed by atoms with Gasteiger partial charge in [-0.15, -0.1) is 0 Å². The summed E-state index contributed by atoms with van der Waals surface area (Å²) in [5.41, 5.74) is 11.7. The molecule has 0 amide bonds. The maximum Gasteiger partial charge on any atom is 0.165 e. The summed E-state index contributed by atoms with van der Waals surface area (Å²) in [4.78, 5) is 18.4. The Morgan fingerprint density at radius 1 is 1.10 bits per heavy atom. The van der Waals surface area contributed by atoms with Gasteiger partial charge in [-0.1, -0.05) is 6.07 Å². The molecule has 1 aliphatic rings. The number of anilines is 1. The normalized spacial score (nSPS) is 15.4. The predicted molar refractivity (Wildman–Crippen MR) is 110 cm³/mol. The third kappa shape index (κ3) is 2.71. The van der Waals surface area contributed by atoms with Crippen molar-refractivity contribution in [2.24, 2.45) is 0 Å². The van der Waals surface area contributed by atoms with Crippen LogP contribution in [0.3, 0.4) is 0 Å². The van der Waals surface area contributed by atoms with E-state index in [0.29, 0.717) is 33.9 Å². The molecule has 0 atom stereocenters. The van der Waals surface area contributed by atoms with Crippen molar-refractivity contribution in [2.45, 2.75) is 32.6 Å². The van der Waals surface area contributed by atoms with Gasteiger partial charge in [-0.05, 0) is 38.3 Å². The molecule has 0 unspecified atom stereocenters. The van der Waals surface area contributed by atoms with E-state index < -0.39 is 0 Å². The summed E-state index contributed by atoms with van der Waals surface area (Å²) in [6.07, 6.45) is 5.13. The standard InChI is InChI=1S/C21H22N6O2/c1-11-3-4-15(28)12(2)18(11)27-20-16(19(22)24-10-25-20)17-21(27)23-9-14(26-17)13-5-7-29-8-6-13/h3-4,9-10,13,28H,5-8H2,1-2H3,(H2,22,24,25). The second-order valence-electron chi connectivity index (χ2n) is 7.52. The van der Waals surface area contributed by atoms with Crippen molar-refractivity contribution >= 4 is 28.0 Å². The van der Waals surface area contributed by atoms with Gasteiger partial charge in [-0.2, -0.15) is 0 Å². The van der Waals surface area contributed by atoms with Gasteiger partial charge in [0.15, 0.2) is 11.3 Å². The van der Waals surface area contributed by atoms with Gasteiger partial charge in [-0.3, -0.25) is 4.57 Å². The number of nitrogens with zero attached hydrogens (tertiary/aromatic N) is 5. The molecule has 1 saturated heterocycles. The zero-order valence-corrected chi connectivity index (χ0v) is 16.4. The van der Waals surface area contributed by atoms with Crippen molar-refractivity contribution in [3.8, 4) is 11.4 Å². The minimum absolute atomic E-state index is 0.217. The van der Waals surface area contributed by atoms with E-state index in [1.807, 2.05) is 30.7 Å². The molecular formula is C21H22N6O2. The summed E-state index contributed by atoms with van der Waals surface area (Å²) in [6.45, 7) is 5.34. The molecule has 4 heterocycles. The number of hydrogen-bond donors (Lipinski definition) is 2. The van der Waals surface area contributed by atoms with Crippen LogP contribution >= 0.6 is 0 Å². The topological polar surface area (TPSA) is 112 Å². The van der Waals surface area contributed by atoms with Crippen LogP contribution in [0.15, 0.2) is 24.7 Å². The molecule has 148 valence electrons. The number of ether oxygens (including phenoxy) is 1. The van der Waals surface area contributed by atoms with Crippen LogP contribution in [-0.4, -0.2) is 42.8 Å². The first-order chi connectivity index (χ1) is 14.1. The number of nitrogen functional groups attached to an aromatic ring is 1. The lowest BCUT2D eigenvalue weighted by Gasteiger charge is -2.21. The highest BCUT2D eigenvalue weighted by Crippen LogP contribution is 2.36. The van der Waals surface area contributed by atoms with Crippen LogP contribution in [0.2, 0.25) is 0 Å². The van der Waals surface area contributed by atoms with Crippen LogP contribution in [0.5, 0.6) is 5.75 Å². The van der Waals surface area contributed by atoms with Gasteiger partial charge < -0.3 is 15.6 Å². The Bertz CT molecular complexity index is 1240. The average Bonchev–Trinajstić information content (AvgIpc) is 3.07. The molecule has 0 spiro atoms. The fourth-order valence-corrected chi connectivity index (χ4v) is 4.19. The van der Waals surface area contributed by atoms with Crippen molar-refractivity contribution < 1.29 is 9.84 Å². The van der Waals surface area contributed by atoms with Crippen LogP contribution in [-0.2, 0) is 4.74 Å². The maximum absolute atomic E-state index is 10.3. The van der Waals surface area contributed by atoms with E-state index in [9.17, 15) is 5.11 Å². The van der Waals surface area contributed by atoms with E-state index in [1.54, 1.807) is 6.07 Å². The number of aromatic nitrogens is 5. The van der Waals surface area contributed by atoms with E-state index in [4.69, 9.17) is 20.4 Å². The van der Waals surface area contributed by atoms with Crippen LogP contribution in [0.1, 0.15) is 35.6 Å². The lowest BCUT2D eigenvalue weighted by molar-refractivity contribution is 0.0845. The van der Waals surface area contributed by atoms with Crippen LogP contribution in [0.25, 0.3) is 27.9 Å². The van der Waals surface area contributed by atoms with Crippen molar-refractivity contribution in [2.75, 3.05) is 18.9 Å². The number of fused-ring (bicyclic) bond motifs is 3. The second kappa shape index (κ2) is 6.66. The quantitative estimate of drug-likeness (QED) is 0.541. The zero-order valence-electron chi connectivity index (χ0n) is 16.4. The minimum atomic E-state index is 0.217. The molecule has 3 N–H and O–H groups in total. The second-order valence-corrected chi connectivity index (χ2v) is 7.52. The third-order valence-corrected chi connectivity index (χ3v) is 5.76. The molecule has 8 heteroatoms. The SMILES string of the molecule is Cc1ccc(O)c(C)c1-n1c2ncc(C3CCOCC3)nc2c2c(N)ncnc21. The number of nitrogens with two attached hydrogens (primary N) is 1. The molecule has 0 bridgehead atoms. The Hall–Kier alpha value is -3.26. The zero-order chi connectivity index (χ0) is 20.1. The smallest absolute Gasteiger partial charge is 0.165 e. The van der Waals surface area contributed by atoms with E-state index in [1.165, 1.54) is 6.33 Å². The number of rotatable bonds is 2.